The summed E-state index contributed by atoms with van der Waals surface area (Å²) in [7, 11) is 2.25. The van der Waals surface area contributed by atoms with Crippen LogP contribution in [0.25, 0.3) is 5.65 Å². The highest BCUT2D eigenvalue weighted by Gasteiger charge is 2.46. The monoisotopic (exact) mass is 449 g/mol. The van der Waals surface area contributed by atoms with Crippen LogP contribution in [-0.4, -0.2) is 51.1 Å². The topological polar surface area (TPSA) is 56.6 Å². The van der Waals surface area contributed by atoms with Crippen LogP contribution in [0.2, 0.25) is 0 Å². The summed E-state index contributed by atoms with van der Waals surface area (Å²) in [6.07, 6.45) is 0. The van der Waals surface area contributed by atoms with E-state index in [4.69, 9.17) is 4.98 Å². The summed E-state index contributed by atoms with van der Waals surface area (Å²) in [6, 6.07) is 12.8. The number of aromatic amines is 1. The smallest absolute Gasteiger partial charge is 0.272 e. The molecule has 0 spiro atoms. The second-order valence-electron chi connectivity index (χ2n) is 8.58. The van der Waals surface area contributed by atoms with Crippen LogP contribution in [0.1, 0.15) is 28.6 Å². The van der Waals surface area contributed by atoms with Crippen LogP contribution >= 0.6 is 24.8 Å². The molecule has 4 heterocycles. The standard InChI is InChI=1S/C22H27N5O.2ClH/c1-14-6-4-5-7-18(14)22-19-13-26(11-16(19)10-25(22)3)12-17-9-21(28)27-20(23-17)8-15(2)24-27;;/h4-9,16,19,22,24H,10-13H2,1-3H3;2*1H/t16-,19+,22+;;/m0../s1. The number of aryl methyl sites for hydroxylation is 2. The van der Waals surface area contributed by atoms with E-state index < -0.39 is 0 Å². The minimum Gasteiger partial charge on any atom is -0.299 e. The van der Waals surface area contributed by atoms with Gasteiger partial charge in [0.2, 0.25) is 0 Å². The number of hydrogen-bond acceptors (Lipinski definition) is 4. The molecule has 3 aromatic rings. The first-order chi connectivity index (χ1) is 13.5. The number of rotatable bonds is 3. The Balaban J connectivity index is 0.00000128. The predicted molar refractivity (Wildman–Crippen MR) is 124 cm³/mol. The van der Waals surface area contributed by atoms with E-state index in [9.17, 15) is 4.79 Å². The Hall–Kier alpha value is -1.86. The van der Waals surface area contributed by atoms with Gasteiger partial charge >= 0.3 is 0 Å². The number of nitrogens with one attached hydrogen (secondary N) is 1. The van der Waals surface area contributed by atoms with Gasteiger partial charge in [0.1, 0.15) is 0 Å². The first-order valence-corrected chi connectivity index (χ1v) is 10.1. The molecule has 2 aromatic heterocycles. The Kier molecular flexibility index (Phi) is 6.63. The molecule has 3 atom stereocenters. The summed E-state index contributed by atoms with van der Waals surface area (Å²) in [6.45, 7) is 8.16. The first kappa shape index (κ1) is 22.8. The van der Waals surface area contributed by atoms with Gasteiger partial charge in [0.05, 0.1) is 5.69 Å². The lowest BCUT2D eigenvalue weighted by molar-refractivity contribution is 0.223. The molecule has 2 fully saturated rings. The molecule has 5 rings (SSSR count). The van der Waals surface area contributed by atoms with Gasteiger partial charge in [-0.25, -0.2) is 9.50 Å². The lowest BCUT2D eigenvalue weighted by atomic mass is 9.88. The second kappa shape index (κ2) is 8.71. The summed E-state index contributed by atoms with van der Waals surface area (Å²) in [4.78, 5) is 22.1. The highest BCUT2D eigenvalue weighted by molar-refractivity contribution is 5.85. The fraction of sp³-hybridized carbons (Fsp3) is 0.455. The minimum absolute atomic E-state index is 0. The van der Waals surface area contributed by atoms with Crippen LogP contribution in [0, 0.1) is 25.7 Å². The molecule has 0 aliphatic carbocycles. The largest absolute Gasteiger partial charge is 0.299 e. The van der Waals surface area contributed by atoms with Crippen LogP contribution in [0.15, 0.2) is 41.2 Å². The summed E-state index contributed by atoms with van der Waals surface area (Å²) >= 11 is 0. The average molecular weight is 450 g/mol. The number of benzene rings is 1. The fourth-order valence-electron chi connectivity index (χ4n) is 5.34. The first-order valence-electron chi connectivity index (χ1n) is 10.1. The summed E-state index contributed by atoms with van der Waals surface area (Å²) in [5, 5.41) is 3.04. The van der Waals surface area contributed by atoms with Crippen molar-refractivity contribution in [3.63, 3.8) is 0 Å². The molecule has 8 heteroatoms. The van der Waals surface area contributed by atoms with Gasteiger partial charge in [-0.1, -0.05) is 24.3 Å². The molecule has 2 aliphatic heterocycles. The van der Waals surface area contributed by atoms with Crippen molar-refractivity contribution in [2.24, 2.45) is 11.8 Å². The normalized spacial score (nSPS) is 23.9. The van der Waals surface area contributed by atoms with Crippen LogP contribution in [0.5, 0.6) is 0 Å². The van der Waals surface area contributed by atoms with Gasteiger partial charge in [0.25, 0.3) is 5.56 Å². The minimum atomic E-state index is -0.0370. The third-order valence-electron chi connectivity index (χ3n) is 6.49. The Labute approximate surface area is 189 Å². The zero-order valence-corrected chi connectivity index (χ0v) is 19.2. The fourth-order valence-corrected chi connectivity index (χ4v) is 5.34. The lowest BCUT2D eigenvalue weighted by Gasteiger charge is -2.28. The molecule has 0 amide bonds. The van der Waals surface area contributed by atoms with Gasteiger partial charge in [0, 0.05) is 50.0 Å². The molecule has 2 aliphatic rings. The number of nitrogens with zero attached hydrogens (tertiary/aromatic N) is 4. The van der Waals surface area contributed by atoms with Crippen LogP contribution in [-0.2, 0) is 6.54 Å². The molecule has 2 saturated heterocycles. The highest BCUT2D eigenvalue weighted by atomic mass is 35.5. The lowest BCUT2D eigenvalue weighted by Crippen LogP contribution is -2.30. The molecule has 0 radical (unpaired) electrons. The summed E-state index contributed by atoms with van der Waals surface area (Å²) in [5.41, 5.74) is 5.31. The highest BCUT2D eigenvalue weighted by Crippen LogP contribution is 2.45. The third kappa shape index (κ3) is 3.89. The molecule has 0 saturated carbocycles. The maximum atomic E-state index is 12.4. The molecule has 0 bridgehead atoms. The molecule has 162 valence electrons. The van der Waals surface area contributed by atoms with E-state index in [1.165, 1.54) is 15.6 Å². The van der Waals surface area contributed by atoms with Crippen molar-refractivity contribution in [2.75, 3.05) is 26.7 Å². The van der Waals surface area contributed by atoms with E-state index >= 15 is 0 Å². The van der Waals surface area contributed by atoms with E-state index in [0.29, 0.717) is 23.5 Å². The Morgan fingerprint density at radius 3 is 2.63 bits per heavy atom. The molecule has 1 N–H and O–H groups in total. The van der Waals surface area contributed by atoms with Crippen molar-refractivity contribution < 1.29 is 0 Å². The van der Waals surface area contributed by atoms with Gasteiger partial charge in [-0.15, -0.1) is 24.8 Å². The van der Waals surface area contributed by atoms with Crippen LogP contribution < -0.4 is 5.56 Å². The number of halogens is 2. The zero-order chi connectivity index (χ0) is 19.4. The van der Waals surface area contributed by atoms with Crippen molar-refractivity contribution >= 4 is 30.5 Å². The van der Waals surface area contributed by atoms with E-state index in [0.717, 1.165) is 37.6 Å². The Bertz CT molecular complexity index is 1090. The molecule has 30 heavy (non-hydrogen) atoms. The Morgan fingerprint density at radius 1 is 1.10 bits per heavy atom. The molecule has 1 aromatic carbocycles. The van der Waals surface area contributed by atoms with Gasteiger partial charge in [-0.05, 0) is 43.9 Å². The van der Waals surface area contributed by atoms with E-state index in [-0.39, 0.29) is 30.4 Å². The maximum absolute atomic E-state index is 12.4. The number of likely N-dealkylation sites (tertiary alicyclic amines) is 2. The van der Waals surface area contributed by atoms with E-state index in [2.05, 4.69) is 53.1 Å². The van der Waals surface area contributed by atoms with Crippen molar-refractivity contribution in [3.8, 4) is 0 Å². The van der Waals surface area contributed by atoms with Crippen molar-refractivity contribution in [3.05, 3.63) is 69.3 Å². The van der Waals surface area contributed by atoms with Gasteiger partial charge in [-0.2, -0.15) is 0 Å². The van der Waals surface area contributed by atoms with Gasteiger partial charge in [-0.3, -0.25) is 19.7 Å². The SMILES string of the molecule is Cc1cc2nc(CN3C[C@@H]4CN(C)[C@H](c5ccccc5C)[C@@H]4C3)cc(=O)n2[nH]1.Cl.Cl. The molecule has 0 unspecified atom stereocenters. The van der Waals surface area contributed by atoms with Crippen molar-refractivity contribution in [1.82, 2.24) is 24.4 Å². The third-order valence-corrected chi connectivity index (χ3v) is 6.49. The summed E-state index contributed by atoms with van der Waals surface area (Å²) in [5.74, 6) is 1.30. The molecule has 6 nitrogen and oxygen atoms in total. The van der Waals surface area contributed by atoms with E-state index in [1.54, 1.807) is 6.07 Å². The molecular weight excluding hydrogens is 421 g/mol. The van der Waals surface area contributed by atoms with Crippen molar-refractivity contribution in [2.45, 2.75) is 26.4 Å². The van der Waals surface area contributed by atoms with Gasteiger partial charge in [0.15, 0.2) is 5.65 Å². The maximum Gasteiger partial charge on any atom is 0.272 e. The summed E-state index contributed by atoms with van der Waals surface area (Å²) < 4.78 is 1.51. The number of hydrogen-bond donors (Lipinski definition) is 1. The number of H-pyrrole nitrogens is 1. The predicted octanol–water partition coefficient (Wildman–Crippen LogP) is 3.22. The number of fused-ring (bicyclic) bond motifs is 2. The van der Waals surface area contributed by atoms with Crippen molar-refractivity contribution in [1.29, 1.82) is 0 Å². The quantitative estimate of drug-likeness (QED) is 0.666. The molecular formula is C22H29Cl2N5O. The van der Waals surface area contributed by atoms with E-state index in [1.807, 2.05) is 13.0 Å². The van der Waals surface area contributed by atoms with Crippen LogP contribution in [0.4, 0.5) is 0 Å². The Morgan fingerprint density at radius 2 is 1.87 bits per heavy atom. The zero-order valence-electron chi connectivity index (χ0n) is 17.5. The second-order valence-corrected chi connectivity index (χ2v) is 8.58. The van der Waals surface area contributed by atoms with Crippen LogP contribution in [0.3, 0.4) is 0 Å². The average Bonchev–Trinajstić information content (AvgIpc) is 3.27. The number of aromatic nitrogens is 3. The van der Waals surface area contributed by atoms with Gasteiger partial charge < -0.3 is 0 Å².